The minimum absolute atomic E-state index is 0.0444. The van der Waals surface area contributed by atoms with Gasteiger partial charge in [-0.05, 0) is 149 Å². The van der Waals surface area contributed by atoms with E-state index >= 15 is 0 Å². The number of pyridine rings is 1. The minimum Gasteiger partial charge on any atom is -0.507 e. The van der Waals surface area contributed by atoms with Crippen LogP contribution in [0, 0.1) is 0 Å². The van der Waals surface area contributed by atoms with E-state index in [9.17, 15) is 5.11 Å². The van der Waals surface area contributed by atoms with Crippen LogP contribution in [0.4, 0.5) is 0 Å². The highest BCUT2D eigenvalue weighted by Crippen LogP contribution is 2.47. The van der Waals surface area contributed by atoms with Crippen LogP contribution in [0.5, 0.6) is 5.75 Å². The Hall–Kier alpha value is -7.24. The minimum atomic E-state index is -0.331. The highest BCUT2D eigenvalue weighted by Gasteiger charge is 2.31. The van der Waals surface area contributed by atoms with Gasteiger partial charge in [0.15, 0.2) is 0 Å². The van der Waals surface area contributed by atoms with Crippen LogP contribution in [0.1, 0.15) is 184 Å². The molecule has 3 aromatic heterocycles. The van der Waals surface area contributed by atoms with Crippen molar-refractivity contribution in [1.29, 1.82) is 0 Å². The summed E-state index contributed by atoms with van der Waals surface area (Å²) in [7, 11) is 0. The Labute approximate surface area is 484 Å². The predicted octanol–water partition coefficient (Wildman–Crippen LogP) is 21.0. The number of phenols is 1. The molecule has 0 radical (unpaired) electrons. The van der Waals surface area contributed by atoms with Gasteiger partial charge in [-0.1, -0.05) is 218 Å². The lowest BCUT2D eigenvalue weighted by molar-refractivity contribution is 0.446. The molecule has 1 N–H and O–H groups in total. The van der Waals surface area contributed by atoms with Crippen molar-refractivity contribution in [3.05, 3.63) is 185 Å². The van der Waals surface area contributed by atoms with Crippen LogP contribution in [0.25, 0.3) is 89.1 Å². The average molecular weight is 1070 g/mol. The molecule has 5 nitrogen and oxygen atoms in total. The molecular weight excluding hydrogens is 985 g/mol. The molecule has 3 heterocycles. The zero-order chi connectivity index (χ0) is 58.9. The fourth-order valence-corrected chi connectivity index (χ4v) is 11.4. The fraction of sp³-hybridized carbons (Fsp3) is 0.368. The SMILES string of the molecule is CC(C)(C)c1cc(-c2cc(-c3cccc4c5ccccc5n(-c5cc(C(C)(C)C)cc(C(C)(C)C)c5)c34)ccn2)cc(-c2cccc3c2nc(-c2cc(C(C)(C)C)cc(C(C)(C)C)c2O)n3-c2cc(C(C)(C)C)cc(C(C)(C)C)c2)c1. The van der Waals surface area contributed by atoms with Gasteiger partial charge in [-0.15, -0.1) is 0 Å². The highest BCUT2D eigenvalue weighted by molar-refractivity contribution is 6.14. The quantitative estimate of drug-likeness (QED) is 0.181. The molecule has 10 aromatic rings. The zero-order valence-corrected chi connectivity index (χ0v) is 52.6. The average Bonchev–Trinajstić information content (AvgIpc) is 4.18. The molecule has 0 aliphatic rings. The summed E-state index contributed by atoms with van der Waals surface area (Å²) in [4.78, 5) is 11.0. The molecule has 81 heavy (non-hydrogen) atoms. The third-order valence-electron chi connectivity index (χ3n) is 16.7. The number of imidazole rings is 1. The predicted molar refractivity (Wildman–Crippen MR) is 348 cm³/mol. The zero-order valence-electron chi connectivity index (χ0n) is 52.6. The van der Waals surface area contributed by atoms with Crippen molar-refractivity contribution in [2.45, 2.75) is 183 Å². The molecule has 0 aliphatic heterocycles. The summed E-state index contributed by atoms with van der Waals surface area (Å²) in [6.45, 7) is 47.8. The number of hydrogen-bond donors (Lipinski definition) is 1. The molecule has 0 saturated heterocycles. The lowest BCUT2D eigenvalue weighted by atomic mass is 9.78. The number of para-hydroxylation sites is 3. The number of aromatic nitrogens is 4. The Balaban J connectivity index is 1.23. The van der Waals surface area contributed by atoms with Crippen molar-refractivity contribution in [3.8, 4) is 62.0 Å². The summed E-state index contributed by atoms with van der Waals surface area (Å²) >= 11 is 0. The van der Waals surface area contributed by atoms with E-state index in [-0.39, 0.29) is 43.7 Å². The van der Waals surface area contributed by atoms with Crippen molar-refractivity contribution in [3.63, 3.8) is 0 Å². The van der Waals surface area contributed by atoms with E-state index in [0.717, 1.165) is 66.9 Å². The number of fused-ring (bicyclic) bond motifs is 4. The van der Waals surface area contributed by atoms with E-state index in [0.29, 0.717) is 5.82 Å². The molecule has 0 atom stereocenters. The van der Waals surface area contributed by atoms with Gasteiger partial charge in [-0.2, -0.15) is 0 Å². The van der Waals surface area contributed by atoms with E-state index in [1.165, 1.54) is 55.3 Å². The molecule has 7 aromatic carbocycles. The number of hydrogen-bond acceptors (Lipinski definition) is 3. The first-order chi connectivity index (χ1) is 37.5. The van der Waals surface area contributed by atoms with Crippen LogP contribution < -0.4 is 0 Å². The first kappa shape index (κ1) is 57.0. The number of aromatic hydroxyl groups is 1. The first-order valence-electron chi connectivity index (χ1n) is 29.4. The maximum Gasteiger partial charge on any atom is 0.149 e. The van der Waals surface area contributed by atoms with Crippen molar-refractivity contribution in [2.75, 3.05) is 0 Å². The van der Waals surface area contributed by atoms with E-state index in [1.54, 1.807) is 0 Å². The molecular formula is C76H88N4O. The van der Waals surface area contributed by atoms with Crippen molar-refractivity contribution < 1.29 is 5.11 Å². The van der Waals surface area contributed by atoms with Crippen LogP contribution in [0.3, 0.4) is 0 Å². The normalized spacial score (nSPS) is 13.3. The van der Waals surface area contributed by atoms with Crippen molar-refractivity contribution in [2.24, 2.45) is 0 Å². The Morgan fingerprint density at radius 1 is 0.358 bits per heavy atom. The summed E-state index contributed by atoms with van der Waals surface area (Å²) in [5, 5.41) is 15.1. The van der Waals surface area contributed by atoms with Gasteiger partial charge in [0.2, 0.25) is 0 Å². The molecule has 0 bridgehead atoms. The second-order valence-corrected chi connectivity index (χ2v) is 30.4. The third kappa shape index (κ3) is 10.8. The summed E-state index contributed by atoms with van der Waals surface area (Å²) < 4.78 is 4.82. The Bertz CT molecular complexity index is 4020. The second-order valence-electron chi connectivity index (χ2n) is 30.4. The largest absolute Gasteiger partial charge is 0.507 e. The molecule has 0 aliphatic carbocycles. The monoisotopic (exact) mass is 1070 g/mol. The molecule has 5 heteroatoms. The molecule has 10 rings (SSSR count). The van der Waals surface area contributed by atoms with Crippen molar-refractivity contribution in [1.82, 2.24) is 19.1 Å². The van der Waals surface area contributed by atoms with Crippen LogP contribution in [-0.4, -0.2) is 24.2 Å². The number of phenolic OH excluding ortho intramolecular Hbond substituents is 1. The van der Waals surface area contributed by atoms with Gasteiger partial charge < -0.3 is 9.67 Å². The Morgan fingerprint density at radius 3 is 1.38 bits per heavy atom. The summed E-state index contributed by atoms with van der Waals surface area (Å²) in [5.74, 6) is 0.981. The highest BCUT2D eigenvalue weighted by atomic mass is 16.3. The van der Waals surface area contributed by atoms with Gasteiger partial charge in [-0.25, -0.2) is 4.98 Å². The standard InChI is InChI=1S/C76H88N4O/c1-70(2,3)49-35-47(34-48(36-49)63-37-46(32-33-77-63)58-28-24-29-60-59-26-22-23-30-64(59)79(67(58)60)55-40-50(71(4,5)6)38-51(41-55)72(7,8)9)57-27-25-31-65-66(57)78-69(61-44-54(75(16,17)18)45-62(68(61)81)76(19,20)21)80(65)56-42-52(73(10,11)12)39-53(43-56)74(13,14)15/h22-45,81H,1-21H3. The van der Waals surface area contributed by atoms with Gasteiger partial charge in [0.25, 0.3) is 0 Å². The van der Waals surface area contributed by atoms with Gasteiger partial charge in [0.1, 0.15) is 11.6 Å². The lowest BCUT2D eigenvalue weighted by Crippen LogP contribution is -2.18. The van der Waals surface area contributed by atoms with Crippen LogP contribution in [0.15, 0.2) is 146 Å². The van der Waals surface area contributed by atoms with Crippen molar-refractivity contribution >= 4 is 32.8 Å². The summed E-state index contributed by atoms with van der Waals surface area (Å²) in [5.41, 5.74) is 20.7. The van der Waals surface area contributed by atoms with E-state index in [4.69, 9.17) is 9.97 Å². The molecule has 418 valence electrons. The summed E-state index contributed by atoms with van der Waals surface area (Å²) in [6, 6.07) is 52.3. The third-order valence-corrected chi connectivity index (χ3v) is 16.7. The molecule has 0 amide bonds. The van der Waals surface area contributed by atoms with Crippen LogP contribution >= 0.6 is 0 Å². The van der Waals surface area contributed by atoms with E-state index in [1.807, 2.05) is 6.20 Å². The number of nitrogens with zero attached hydrogens (tertiary/aromatic N) is 4. The molecule has 0 unspecified atom stereocenters. The van der Waals surface area contributed by atoms with Crippen LogP contribution in [0.2, 0.25) is 0 Å². The molecule has 0 fully saturated rings. The maximum absolute atomic E-state index is 12.7. The Morgan fingerprint density at radius 2 is 0.827 bits per heavy atom. The number of rotatable bonds is 6. The Kier molecular flexibility index (Phi) is 13.7. The second kappa shape index (κ2) is 19.5. The fourth-order valence-electron chi connectivity index (χ4n) is 11.4. The lowest BCUT2D eigenvalue weighted by Gasteiger charge is -2.28. The number of benzene rings is 7. The maximum atomic E-state index is 12.7. The smallest absolute Gasteiger partial charge is 0.149 e. The van der Waals surface area contributed by atoms with Gasteiger partial charge in [0, 0.05) is 50.6 Å². The summed E-state index contributed by atoms with van der Waals surface area (Å²) in [6.07, 6.45) is 1.98. The topological polar surface area (TPSA) is 55.9 Å². The first-order valence-corrected chi connectivity index (χ1v) is 29.4. The van der Waals surface area contributed by atoms with Crippen LogP contribution in [-0.2, 0) is 37.9 Å². The molecule has 0 spiro atoms. The van der Waals surface area contributed by atoms with E-state index < -0.39 is 0 Å². The van der Waals surface area contributed by atoms with Gasteiger partial charge in [-0.3, -0.25) is 9.55 Å². The van der Waals surface area contributed by atoms with E-state index in [2.05, 4.69) is 294 Å². The van der Waals surface area contributed by atoms with Gasteiger partial charge in [0.05, 0.1) is 33.3 Å². The molecule has 0 saturated carbocycles. The van der Waals surface area contributed by atoms with Gasteiger partial charge >= 0.3 is 0 Å².